The van der Waals surface area contributed by atoms with E-state index in [0.717, 1.165) is 31.4 Å². The van der Waals surface area contributed by atoms with Crippen molar-refractivity contribution in [3.63, 3.8) is 0 Å². The second-order valence-corrected chi connectivity index (χ2v) is 6.16. The van der Waals surface area contributed by atoms with Crippen LogP contribution in [-0.2, 0) is 0 Å². The molecule has 1 fully saturated rings. The van der Waals surface area contributed by atoms with E-state index < -0.39 is 11.5 Å². The molecule has 5 nitrogen and oxygen atoms in total. The highest BCUT2D eigenvalue weighted by molar-refractivity contribution is 5.95. The fourth-order valence-corrected chi connectivity index (χ4v) is 3.03. The number of aliphatic hydroxyl groups is 1. The van der Waals surface area contributed by atoms with Gasteiger partial charge in [-0.3, -0.25) is 9.59 Å². The summed E-state index contributed by atoms with van der Waals surface area (Å²) in [5, 5.41) is 13.3. The van der Waals surface area contributed by atoms with Crippen molar-refractivity contribution in [3.8, 4) is 0 Å². The van der Waals surface area contributed by atoms with E-state index in [-0.39, 0.29) is 17.7 Å². The van der Waals surface area contributed by atoms with Gasteiger partial charge in [-0.25, -0.2) is 0 Å². The molecule has 116 valence electrons. The van der Waals surface area contributed by atoms with E-state index in [1.807, 2.05) is 0 Å². The summed E-state index contributed by atoms with van der Waals surface area (Å²) in [6.45, 7) is 3.74. The van der Waals surface area contributed by atoms with Gasteiger partial charge < -0.3 is 15.4 Å². The number of hydrogen-bond donors (Lipinski definition) is 3. The lowest BCUT2D eigenvalue weighted by molar-refractivity contribution is 0.0246. The third-order valence-electron chi connectivity index (χ3n) is 4.20. The average Bonchev–Trinajstić information content (AvgIpc) is 2.61. The molecule has 3 N–H and O–H groups in total. The van der Waals surface area contributed by atoms with Crippen molar-refractivity contribution in [2.24, 2.45) is 0 Å². The normalized spacial score (nSPS) is 18.0. The average molecular weight is 292 g/mol. The highest BCUT2D eigenvalue weighted by Gasteiger charge is 2.29. The van der Waals surface area contributed by atoms with Crippen LogP contribution in [0.15, 0.2) is 10.9 Å². The lowest BCUT2D eigenvalue weighted by atomic mass is 9.94. The van der Waals surface area contributed by atoms with Crippen molar-refractivity contribution in [3.05, 3.63) is 33.2 Å². The van der Waals surface area contributed by atoms with E-state index in [4.69, 9.17) is 0 Å². The Morgan fingerprint density at radius 2 is 1.90 bits per heavy atom. The van der Waals surface area contributed by atoms with Crippen LogP contribution in [0.25, 0.3) is 0 Å². The number of H-pyrrole nitrogens is 1. The molecule has 0 bridgehead atoms. The van der Waals surface area contributed by atoms with Gasteiger partial charge in [0.25, 0.3) is 11.5 Å². The van der Waals surface area contributed by atoms with Crippen LogP contribution in [0.2, 0.25) is 0 Å². The van der Waals surface area contributed by atoms with Crippen LogP contribution in [-0.4, -0.2) is 28.1 Å². The zero-order chi connectivity index (χ0) is 15.5. The van der Waals surface area contributed by atoms with Gasteiger partial charge in [0.2, 0.25) is 0 Å². The van der Waals surface area contributed by atoms with Gasteiger partial charge in [-0.05, 0) is 38.3 Å². The second kappa shape index (κ2) is 6.43. The number of aromatic amines is 1. The first kappa shape index (κ1) is 15.8. The van der Waals surface area contributed by atoms with E-state index in [1.165, 1.54) is 0 Å². The summed E-state index contributed by atoms with van der Waals surface area (Å²) in [5.41, 5.74) is 0.311. The fraction of sp³-hybridized carbons (Fsp3) is 0.625. The fourth-order valence-electron chi connectivity index (χ4n) is 3.03. The summed E-state index contributed by atoms with van der Waals surface area (Å²) in [5.74, 6) is -0.411. The summed E-state index contributed by atoms with van der Waals surface area (Å²) in [6, 6.07) is 1.77. The van der Waals surface area contributed by atoms with E-state index in [9.17, 15) is 14.7 Å². The molecule has 0 spiro atoms. The first-order chi connectivity index (χ1) is 9.91. The number of carbonyl (C=O) groups is 1. The molecule has 1 aliphatic carbocycles. The number of rotatable bonds is 3. The van der Waals surface area contributed by atoms with Gasteiger partial charge in [-0.15, -0.1) is 0 Å². The molecule has 1 saturated carbocycles. The van der Waals surface area contributed by atoms with Crippen LogP contribution in [0, 0.1) is 13.8 Å². The van der Waals surface area contributed by atoms with E-state index in [1.54, 1.807) is 19.9 Å². The Bertz CT molecular complexity index is 569. The Morgan fingerprint density at radius 3 is 2.48 bits per heavy atom. The molecular formula is C16H24N2O3. The Morgan fingerprint density at radius 1 is 1.29 bits per heavy atom. The second-order valence-electron chi connectivity index (χ2n) is 6.16. The Kier molecular flexibility index (Phi) is 4.83. The monoisotopic (exact) mass is 292 g/mol. The van der Waals surface area contributed by atoms with Gasteiger partial charge in [-0.2, -0.15) is 0 Å². The van der Waals surface area contributed by atoms with Gasteiger partial charge >= 0.3 is 0 Å². The molecule has 5 heteroatoms. The lowest BCUT2D eigenvalue weighted by Crippen LogP contribution is -2.44. The summed E-state index contributed by atoms with van der Waals surface area (Å²) >= 11 is 0. The topological polar surface area (TPSA) is 82.2 Å². The molecule has 2 rings (SSSR count). The zero-order valence-corrected chi connectivity index (χ0v) is 12.8. The predicted octanol–water partition coefficient (Wildman–Crippen LogP) is 1.81. The van der Waals surface area contributed by atoms with Crippen molar-refractivity contribution >= 4 is 5.91 Å². The summed E-state index contributed by atoms with van der Waals surface area (Å²) < 4.78 is 0. The Labute approximate surface area is 124 Å². The highest BCUT2D eigenvalue weighted by atomic mass is 16.3. The maximum absolute atomic E-state index is 12.2. The van der Waals surface area contributed by atoms with Crippen molar-refractivity contribution < 1.29 is 9.90 Å². The number of aromatic nitrogens is 1. The predicted molar refractivity (Wildman–Crippen MR) is 81.5 cm³/mol. The molecule has 0 atom stereocenters. The summed E-state index contributed by atoms with van der Waals surface area (Å²) in [4.78, 5) is 26.8. The van der Waals surface area contributed by atoms with Crippen molar-refractivity contribution in [2.75, 3.05) is 6.54 Å². The minimum atomic E-state index is -0.836. The number of carbonyl (C=O) groups excluding carboxylic acids is 1. The van der Waals surface area contributed by atoms with Crippen LogP contribution in [0.1, 0.15) is 60.1 Å². The van der Waals surface area contributed by atoms with Crippen LogP contribution < -0.4 is 10.9 Å². The molecular weight excluding hydrogens is 268 g/mol. The van der Waals surface area contributed by atoms with Gasteiger partial charge in [0.1, 0.15) is 5.56 Å². The lowest BCUT2D eigenvalue weighted by Gasteiger charge is -2.26. The zero-order valence-electron chi connectivity index (χ0n) is 12.8. The number of hydrogen-bond acceptors (Lipinski definition) is 3. The summed E-state index contributed by atoms with van der Waals surface area (Å²) in [6.07, 6.45) is 5.64. The molecule has 1 aliphatic rings. The van der Waals surface area contributed by atoms with Crippen LogP contribution in [0.5, 0.6) is 0 Å². The van der Waals surface area contributed by atoms with Gasteiger partial charge in [-0.1, -0.05) is 25.7 Å². The first-order valence-corrected chi connectivity index (χ1v) is 7.62. The highest BCUT2D eigenvalue weighted by Crippen LogP contribution is 2.26. The Hall–Kier alpha value is -1.62. The van der Waals surface area contributed by atoms with Gasteiger partial charge in [0, 0.05) is 12.2 Å². The molecule has 1 aromatic rings. The first-order valence-electron chi connectivity index (χ1n) is 7.62. The molecule has 1 heterocycles. The van der Waals surface area contributed by atoms with E-state index >= 15 is 0 Å². The van der Waals surface area contributed by atoms with Crippen molar-refractivity contribution in [2.45, 2.75) is 58.0 Å². The molecule has 1 amide bonds. The third kappa shape index (κ3) is 3.94. The minimum absolute atomic E-state index is 0.137. The van der Waals surface area contributed by atoms with Crippen molar-refractivity contribution in [1.82, 2.24) is 10.3 Å². The third-order valence-corrected chi connectivity index (χ3v) is 4.20. The van der Waals surface area contributed by atoms with Crippen molar-refractivity contribution in [1.29, 1.82) is 0 Å². The summed E-state index contributed by atoms with van der Waals surface area (Å²) in [7, 11) is 0. The molecule has 21 heavy (non-hydrogen) atoms. The van der Waals surface area contributed by atoms with Gasteiger partial charge in [0.05, 0.1) is 5.60 Å². The van der Waals surface area contributed by atoms with Gasteiger partial charge in [0.15, 0.2) is 0 Å². The molecule has 0 radical (unpaired) electrons. The number of pyridine rings is 1. The van der Waals surface area contributed by atoms with Crippen LogP contribution in [0.3, 0.4) is 0 Å². The number of aryl methyl sites for hydroxylation is 2. The van der Waals surface area contributed by atoms with Crippen LogP contribution >= 0.6 is 0 Å². The van der Waals surface area contributed by atoms with E-state index in [0.29, 0.717) is 18.4 Å². The number of amides is 1. The maximum Gasteiger partial charge on any atom is 0.261 e. The Balaban J connectivity index is 2.07. The van der Waals surface area contributed by atoms with E-state index in [2.05, 4.69) is 10.3 Å². The molecule has 0 aromatic carbocycles. The quantitative estimate of drug-likeness (QED) is 0.743. The molecule has 0 aliphatic heterocycles. The molecule has 0 saturated heterocycles. The SMILES string of the molecule is Cc1cc(C)c(C(=O)NCC2(O)CCCCCC2)c(=O)[nH]1. The van der Waals surface area contributed by atoms with Crippen LogP contribution in [0.4, 0.5) is 0 Å². The number of nitrogens with one attached hydrogen (secondary N) is 2. The minimum Gasteiger partial charge on any atom is -0.388 e. The maximum atomic E-state index is 12.2. The smallest absolute Gasteiger partial charge is 0.261 e. The largest absolute Gasteiger partial charge is 0.388 e. The molecule has 0 unspecified atom stereocenters. The standard InChI is InChI=1S/C16H24N2O3/c1-11-9-12(2)18-15(20)13(11)14(19)17-10-16(21)7-5-3-4-6-8-16/h9,21H,3-8,10H2,1-2H3,(H,17,19)(H,18,20). The molecule has 1 aromatic heterocycles.